The van der Waals surface area contributed by atoms with Gasteiger partial charge in [-0.05, 0) is 143 Å². The van der Waals surface area contributed by atoms with E-state index in [0.29, 0.717) is 5.92 Å². The molecule has 8 aromatic carbocycles. The highest BCUT2D eigenvalue weighted by Crippen LogP contribution is 2.45. The molecule has 56 heavy (non-hydrogen) atoms. The van der Waals surface area contributed by atoms with Crippen LogP contribution in [-0.2, 0) is 0 Å². The Hall–Kier alpha value is -6.64. The molecule has 2 aliphatic carbocycles. The van der Waals surface area contributed by atoms with Crippen molar-refractivity contribution in [3.05, 3.63) is 199 Å². The third-order valence-electron chi connectivity index (χ3n) is 12.4. The smallest absolute Gasteiger partial charge is 0.0541 e. The number of rotatable bonds is 6. The van der Waals surface area contributed by atoms with Crippen LogP contribution in [-0.4, -0.2) is 4.57 Å². The van der Waals surface area contributed by atoms with Crippen LogP contribution in [0.1, 0.15) is 42.7 Å². The maximum Gasteiger partial charge on any atom is 0.0541 e. The minimum atomic E-state index is 0.710. The van der Waals surface area contributed by atoms with Crippen molar-refractivity contribution in [3.63, 3.8) is 0 Å². The van der Waals surface area contributed by atoms with E-state index >= 15 is 0 Å². The Labute approximate surface area is 328 Å². The zero-order valence-electron chi connectivity index (χ0n) is 31.4. The Kier molecular flexibility index (Phi) is 7.95. The molecule has 11 rings (SSSR count). The van der Waals surface area contributed by atoms with E-state index in [1.807, 2.05) is 0 Å². The second kappa shape index (κ2) is 13.6. The van der Waals surface area contributed by atoms with Crippen LogP contribution in [0.2, 0.25) is 0 Å². The van der Waals surface area contributed by atoms with Crippen LogP contribution in [0, 0.1) is 5.92 Å². The normalized spacial score (nSPS) is 16.8. The van der Waals surface area contributed by atoms with Crippen LogP contribution >= 0.6 is 0 Å². The summed E-state index contributed by atoms with van der Waals surface area (Å²) in [4.78, 5) is 2.41. The van der Waals surface area contributed by atoms with Crippen molar-refractivity contribution in [1.82, 2.24) is 4.57 Å². The van der Waals surface area contributed by atoms with E-state index in [4.69, 9.17) is 0 Å². The van der Waals surface area contributed by atoms with Crippen molar-refractivity contribution in [3.8, 4) is 27.9 Å². The van der Waals surface area contributed by atoms with Gasteiger partial charge in [-0.1, -0.05) is 127 Å². The first-order valence-corrected chi connectivity index (χ1v) is 20.1. The predicted molar refractivity (Wildman–Crippen MR) is 238 cm³/mol. The fourth-order valence-electron chi connectivity index (χ4n) is 9.67. The quantitative estimate of drug-likeness (QED) is 0.166. The largest absolute Gasteiger partial charge is 0.310 e. The summed E-state index contributed by atoms with van der Waals surface area (Å²) in [5.41, 5.74) is 14.9. The lowest BCUT2D eigenvalue weighted by Crippen LogP contribution is -2.10. The van der Waals surface area contributed by atoms with Crippen molar-refractivity contribution in [2.24, 2.45) is 5.92 Å². The number of aromatic nitrogens is 1. The first-order valence-electron chi connectivity index (χ1n) is 20.1. The van der Waals surface area contributed by atoms with Gasteiger partial charge in [0.1, 0.15) is 0 Å². The van der Waals surface area contributed by atoms with E-state index in [1.54, 1.807) is 0 Å². The lowest BCUT2D eigenvalue weighted by atomic mass is 9.87. The number of allylic oxidation sites excluding steroid dienone is 1. The molecule has 0 spiro atoms. The van der Waals surface area contributed by atoms with Gasteiger partial charge in [0.15, 0.2) is 0 Å². The summed E-state index contributed by atoms with van der Waals surface area (Å²) >= 11 is 0. The molecular formula is C54H42N2. The van der Waals surface area contributed by atoms with E-state index in [1.165, 1.54) is 103 Å². The summed E-state index contributed by atoms with van der Waals surface area (Å²) in [7, 11) is 0. The number of benzene rings is 8. The van der Waals surface area contributed by atoms with Crippen LogP contribution in [0.5, 0.6) is 0 Å². The summed E-state index contributed by atoms with van der Waals surface area (Å²) in [5.74, 6) is 1.57. The van der Waals surface area contributed by atoms with Crippen molar-refractivity contribution in [2.45, 2.75) is 31.6 Å². The van der Waals surface area contributed by atoms with E-state index in [9.17, 15) is 0 Å². The van der Waals surface area contributed by atoms with Gasteiger partial charge >= 0.3 is 0 Å². The van der Waals surface area contributed by atoms with Crippen molar-refractivity contribution in [1.29, 1.82) is 0 Å². The van der Waals surface area contributed by atoms with E-state index in [0.717, 1.165) is 17.3 Å². The highest BCUT2D eigenvalue weighted by atomic mass is 15.1. The summed E-state index contributed by atoms with van der Waals surface area (Å²) in [6.07, 6.45) is 10.0. The lowest BCUT2D eigenvalue weighted by Gasteiger charge is -2.27. The van der Waals surface area contributed by atoms with E-state index in [-0.39, 0.29) is 0 Å². The van der Waals surface area contributed by atoms with Gasteiger partial charge in [0, 0.05) is 33.2 Å². The molecule has 2 heteroatoms. The average molecular weight is 719 g/mol. The van der Waals surface area contributed by atoms with Gasteiger partial charge in [0.2, 0.25) is 0 Å². The average Bonchev–Trinajstić information content (AvgIpc) is 3.88. The van der Waals surface area contributed by atoms with Gasteiger partial charge in [-0.2, -0.15) is 0 Å². The molecule has 9 aromatic rings. The molecule has 1 aromatic heterocycles. The van der Waals surface area contributed by atoms with Gasteiger partial charge < -0.3 is 9.47 Å². The van der Waals surface area contributed by atoms with Crippen LogP contribution in [0.4, 0.5) is 17.1 Å². The topological polar surface area (TPSA) is 8.17 Å². The first-order chi connectivity index (χ1) is 27.7. The van der Waals surface area contributed by atoms with Crippen LogP contribution in [0.25, 0.3) is 66.6 Å². The number of para-hydroxylation sites is 2. The zero-order chi connectivity index (χ0) is 37.0. The standard InChI is InChI=1S/C54H42N2/c1-2-14-45(15-3-1)56-53-18-7-6-17-50(53)51-36-42(27-33-54(51)56)39-24-30-47(31-25-39)55(52-19-9-12-40-11-4-5-16-49(40)52)46-28-22-38(23-29-46)41-26-32-48-43(35-41)13-8-10-37-20-21-44(48)34-37/h1-9,11-19,22-33,35-37,44H,10,20-21,34H2/b13-8+. The minimum absolute atomic E-state index is 0.710. The second-order valence-electron chi connectivity index (χ2n) is 15.7. The molecule has 1 heterocycles. The van der Waals surface area contributed by atoms with Gasteiger partial charge in [-0.3, -0.25) is 0 Å². The molecule has 0 amide bonds. The molecule has 0 N–H and O–H groups in total. The molecule has 2 nitrogen and oxygen atoms in total. The monoisotopic (exact) mass is 718 g/mol. The lowest BCUT2D eigenvalue weighted by molar-refractivity contribution is 0.546. The van der Waals surface area contributed by atoms with Crippen LogP contribution in [0.3, 0.4) is 0 Å². The Morgan fingerprint density at radius 3 is 1.93 bits per heavy atom. The number of hydrogen-bond acceptors (Lipinski definition) is 1. The summed E-state index contributed by atoms with van der Waals surface area (Å²) in [6, 6.07) is 67.1. The number of fused-ring (bicyclic) bond motifs is 8. The van der Waals surface area contributed by atoms with Crippen molar-refractivity contribution < 1.29 is 0 Å². The Morgan fingerprint density at radius 2 is 1.12 bits per heavy atom. The maximum atomic E-state index is 2.41. The fourth-order valence-corrected chi connectivity index (χ4v) is 9.67. The van der Waals surface area contributed by atoms with Gasteiger partial charge in [0.25, 0.3) is 0 Å². The van der Waals surface area contributed by atoms with Gasteiger partial charge in [0.05, 0.1) is 16.7 Å². The molecule has 0 saturated heterocycles. The van der Waals surface area contributed by atoms with Gasteiger partial charge in [-0.25, -0.2) is 0 Å². The summed E-state index contributed by atoms with van der Waals surface area (Å²) in [5, 5.41) is 4.98. The number of anilines is 3. The highest BCUT2D eigenvalue weighted by Gasteiger charge is 2.28. The Morgan fingerprint density at radius 1 is 0.482 bits per heavy atom. The molecular weight excluding hydrogens is 677 g/mol. The Bertz CT molecular complexity index is 2910. The molecule has 1 fully saturated rings. The fraction of sp³-hybridized carbons (Fsp3) is 0.111. The molecule has 0 radical (unpaired) electrons. The highest BCUT2D eigenvalue weighted by molar-refractivity contribution is 6.10. The summed E-state index contributed by atoms with van der Waals surface area (Å²) in [6.45, 7) is 0. The van der Waals surface area contributed by atoms with Crippen molar-refractivity contribution in [2.75, 3.05) is 4.90 Å². The van der Waals surface area contributed by atoms with E-state index in [2.05, 4.69) is 204 Å². The third-order valence-corrected chi connectivity index (χ3v) is 12.4. The van der Waals surface area contributed by atoms with Crippen molar-refractivity contribution >= 4 is 55.7 Å². The molecule has 2 unspecified atom stereocenters. The minimum Gasteiger partial charge on any atom is -0.310 e. The van der Waals surface area contributed by atoms with Crippen LogP contribution in [0.15, 0.2) is 188 Å². The summed E-state index contributed by atoms with van der Waals surface area (Å²) < 4.78 is 2.37. The third kappa shape index (κ3) is 5.64. The zero-order valence-corrected chi connectivity index (χ0v) is 31.4. The number of nitrogens with zero attached hydrogens (tertiary/aromatic N) is 2. The molecule has 268 valence electrons. The SMILES string of the molecule is C1=C/c2cc(-c3ccc(N(c4ccc(-c5ccc6c(c5)c5ccccc5n6-c5ccccc5)cc4)c4cccc5ccccc45)cc3)ccc2C2CCC(C/1)C2. The van der Waals surface area contributed by atoms with E-state index < -0.39 is 0 Å². The van der Waals surface area contributed by atoms with Crippen LogP contribution < -0.4 is 4.90 Å². The number of hydrogen-bond donors (Lipinski definition) is 0. The first kappa shape index (κ1) is 32.8. The maximum absolute atomic E-state index is 2.41. The molecule has 2 aliphatic rings. The molecule has 2 atom stereocenters. The molecule has 1 saturated carbocycles. The predicted octanol–water partition coefficient (Wildman–Crippen LogP) is 15.0. The Balaban J connectivity index is 0.973. The molecule has 2 bridgehead atoms. The van der Waals surface area contributed by atoms with Gasteiger partial charge in [-0.15, -0.1) is 0 Å². The second-order valence-corrected chi connectivity index (χ2v) is 15.7. The molecule has 0 aliphatic heterocycles.